The van der Waals surface area contributed by atoms with Gasteiger partial charge in [-0.1, -0.05) is 20.3 Å². The fourth-order valence-electron chi connectivity index (χ4n) is 1.86. The summed E-state index contributed by atoms with van der Waals surface area (Å²) in [5.41, 5.74) is 0. The highest BCUT2D eigenvalue weighted by Crippen LogP contribution is 2.36. The van der Waals surface area contributed by atoms with E-state index in [9.17, 15) is 5.11 Å². The summed E-state index contributed by atoms with van der Waals surface area (Å²) in [6, 6.07) is 0. The minimum Gasteiger partial charge on any atom is -0.389 e. The highest BCUT2D eigenvalue weighted by atomic mass is 16.5. The van der Waals surface area contributed by atoms with E-state index >= 15 is 0 Å². The van der Waals surface area contributed by atoms with Gasteiger partial charge < -0.3 is 19.9 Å². The lowest BCUT2D eigenvalue weighted by Crippen LogP contribution is -2.32. The van der Waals surface area contributed by atoms with Crippen LogP contribution in [0, 0.1) is 11.8 Å². The Bertz CT molecular complexity index is 201. The molecule has 4 heteroatoms. The smallest absolute Gasteiger partial charge is 0.0897 e. The zero-order valence-electron chi connectivity index (χ0n) is 11.9. The van der Waals surface area contributed by atoms with Crippen molar-refractivity contribution in [2.45, 2.75) is 39.2 Å². The molecule has 0 aromatic rings. The molecule has 1 aliphatic carbocycles. The fourth-order valence-corrected chi connectivity index (χ4v) is 1.86. The third-order valence-corrected chi connectivity index (χ3v) is 3.39. The quantitative estimate of drug-likeness (QED) is 0.521. The predicted octanol–water partition coefficient (Wildman–Crippen LogP) is 1.43. The summed E-state index contributed by atoms with van der Waals surface area (Å²) in [4.78, 5) is 0. The topological polar surface area (TPSA) is 50.7 Å². The molecule has 1 saturated carbocycles. The molecule has 1 rings (SSSR count). The highest BCUT2D eigenvalue weighted by Gasteiger charge is 2.31. The second kappa shape index (κ2) is 9.73. The number of aliphatic hydroxyl groups is 1. The molecule has 18 heavy (non-hydrogen) atoms. The van der Waals surface area contributed by atoms with Crippen LogP contribution in [0.4, 0.5) is 0 Å². The molecule has 0 aliphatic heterocycles. The Labute approximate surface area is 111 Å². The molecular weight excluding hydrogens is 230 g/mol. The van der Waals surface area contributed by atoms with Crippen molar-refractivity contribution in [1.29, 1.82) is 0 Å². The Morgan fingerprint density at radius 2 is 2.00 bits per heavy atom. The molecular formula is C14H29NO3. The van der Waals surface area contributed by atoms with Crippen molar-refractivity contribution in [2.75, 3.05) is 39.5 Å². The van der Waals surface area contributed by atoms with E-state index < -0.39 is 6.10 Å². The van der Waals surface area contributed by atoms with Crippen molar-refractivity contribution in [3.63, 3.8) is 0 Å². The molecule has 0 radical (unpaired) electrons. The van der Waals surface area contributed by atoms with Crippen molar-refractivity contribution < 1.29 is 14.6 Å². The summed E-state index contributed by atoms with van der Waals surface area (Å²) in [5.74, 6) is 1.69. The third-order valence-electron chi connectivity index (χ3n) is 3.39. The maximum absolute atomic E-state index is 9.66. The zero-order valence-corrected chi connectivity index (χ0v) is 11.9. The lowest BCUT2D eigenvalue weighted by Gasteiger charge is -2.12. The van der Waals surface area contributed by atoms with E-state index in [1.165, 1.54) is 6.42 Å². The van der Waals surface area contributed by atoms with Crippen LogP contribution >= 0.6 is 0 Å². The monoisotopic (exact) mass is 259 g/mol. The second-order valence-corrected chi connectivity index (χ2v) is 5.33. The second-order valence-electron chi connectivity index (χ2n) is 5.33. The van der Waals surface area contributed by atoms with Crippen LogP contribution in [0.5, 0.6) is 0 Å². The molecule has 0 aromatic carbocycles. The maximum atomic E-state index is 9.66. The van der Waals surface area contributed by atoms with Crippen molar-refractivity contribution in [3.8, 4) is 0 Å². The first-order valence-electron chi connectivity index (χ1n) is 7.28. The Morgan fingerprint density at radius 3 is 2.67 bits per heavy atom. The highest BCUT2D eigenvalue weighted by molar-refractivity contribution is 4.84. The van der Waals surface area contributed by atoms with Gasteiger partial charge in [0.25, 0.3) is 0 Å². The van der Waals surface area contributed by atoms with Crippen LogP contribution in [0.3, 0.4) is 0 Å². The minimum absolute atomic E-state index is 0.393. The Balaban J connectivity index is 1.77. The molecule has 3 atom stereocenters. The van der Waals surface area contributed by atoms with Gasteiger partial charge in [0.1, 0.15) is 0 Å². The minimum atomic E-state index is -0.408. The number of hydrogen-bond acceptors (Lipinski definition) is 4. The molecule has 4 nitrogen and oxygen atoms in total. The van der Waals surface area contributed by atoms with Gasteiger partial charge in [-0.2, -0.15) is 0 Å². The maximum Gasteiger partial charge on any atom is 0.0897 e. The number of nitrogens with one attached hydrogen (secondary N) is 1. The average molecular weight is 259 g/mol. The molecule has 0 bridgehead atoms. The summed E-state index contributed by atoms with van der Waals surface area (Å²) >= 11 is 0. The van der Waals surface area contributed by atoms with Crippen LogP contribution in [-0.2, 0) is 9.47 Å². The van der Waals surface area contributed by atoms with Crippen LogP contribution in [0.2, 0.25) is 0 Å². The standard InChI is InChI=1S/C14H29NO3/c1-3-4-5-17-6-7-18-11-14(16)10-15-9-13-8-12(13)2/h12-16H,3-11H2,1-2H3. The molecule has 0 heterocycles. The predicted molar refractivity (Wildman–Crippen MR) is 72.7 cm³/mol. The Morgan fingerprint density at radius 1 is 1.28 bits per heavy atom. The van der Waals surface area contributed by atoms with E-state index in [2.05, 4.69) is 19.2 Å². The number of rotatable bonds is 12. The molecule has 2 N–H and O–H groups in total. The van der Waals surface area contributed by atoms with E-state index in [1.807, 2.05) is 0 Å². The SMILES string of the molecule is CCCCOCCOCC(O)CNCC1CC1C. The van der Waals surface area contributed by atoms with Gasteiger partial charge in [-0.15, -0.1) is 0 Å². The summed E-state index contributed by atoms with van der Waals surface area (Å²) in [6.07, 6.45) is 3.18. The van der Waals surface area contributed by atoms with Crippen LogP contribution in [0.25, 0.3) is 0 Å². The molecule has 3 unspecified atom stereocenters. The first-order valence-corrected chi connectivity index (χ1v) is 7.28. The average Bonchev–Trinajstić information content (AvgIpc) is 3.04. The van der Waals surface area contributed by atoms with Gasteiger partial charge in [-0.3, -0.25) is 0 Å². The molecule has 0 aromatic heterocycles. The number of ether oxygens (including phenoxy) is 2. The van der Waals surface area contributed by atoms with Gasteiger partial charge in [0.15, 0.2) is 0 Å². The molecule has 0 saturated heterocycles. The van der Waals surface area contributed by atoms with Gasteiger partial charge in [0.2, 0.25) is 0 Å². The number of unbranched alkanes of at least 4 members (excludes halogenated alkanes) is 1. The van der Waals surface area contributed by atoms with Gasteiger partial charge in [0.05, 0.1) is 25.9 Å². The molecule has 0 spiro atoms. The largest absolute Gasteiger partial charge is 0.389 e. The molecule has 0 amide bonds. The van der Waals surface area contributed by atoms with E-state index in [4.69, 9.17) is 9.47 Å². The zero-order chi connectivity index (χ0) is 13.2. The third kappa shape index (κ3) is 8.03. The van der Waals surface area contributed by atoms with Crippen LogP contribution in [-0.4, -0.2) is 50.7 Å². The van der Waals surface area contributed by atoms with E-state index in [0.717, 1.165) is 37.8 Å². The fraction of sp³-hybridized carbons (Fsp3) is 1.00. The molecule has 1 aliphatic rings. The number of aliphatic hydroxyl groups excluding tert-OH is 1. The Kier molecular flexibility index (Phi) is 8.59. The van der Waals surface area contributed by atoms with Crippen molar-refractivity contribution in [2.24, 2.45) is 11.8 Å². The van der Waals surface area contributed by atoms with Gasteiger partial charge >= 0.3 is 0 Å². The van der Waals surface area contributed by atoms with Crippen molar-refractivity contribution >= 4 is 0 Å². The summed E-state index contributed by atoms with van der Waals surface area (Å²) in [7, 11) is 0. The summed E-state index contributed by atoms with van der Waals surface area (Å²) < 4.78 is 10.7. The van der Waals surface area contributed by atoms with Gasteiger partial charge in [-0.25, -0.2) is 0 Å². The summed E-state index contributed by atoms with van der Waals surface area (Å²) in [5, 5.41) is 12.9. The molecule has 1 fully saturated rings. The van der Waals surface area contributed by atoms with E-state index in [-0.39, 0.29) is 0 Å². The first kappa shape index (κ1) is 15.9. The van der Waals surface area contributed by atoms with E-state index in [1.54, 1.807) is 0 Å². The van der Waals surface area contributed by atoms with Crippen LogP contribution < -0.4 is 5.32 Å². The molecule has 108 valence electrons. The summed E-state index contributed by atoms with van der Waals surface area (Å²) in [6.45, 7) is 8.46. The first-order chi connectivity index (χ1) is 8.74. The Hall–Kier alpha value is -0.160. The van der Waals surface area contributed by atoms with Gasteiger partial charge in [-0.05, 0) is 31.2 Å². The van der Waals surface area contributed by atoms with Crippen LogP contribution in [0.1, 0.15) is 33.1 Å². The normalized spacial score (nSPS) is 24.2. The number of hydrogen-bond donors (Lipinski definition) is 2. The van der Waals surface area contributed by atoms with Crippen molar-refractivity contribution in [3.05, 3.63) is 0 Å². The van der Waals surface area contributed by atoms with Gasteiger partial charge in [0, 0.05) is 13.2 Å². The van der Waals surface area contributed by atoms with Crippen molar-refractivity contribution in [1.82, 2.24) is 5.32 Å². The lowest BCUT2D eigenvalue weighted by molar-refractivity contribution is 0.00390. The van der Waals surface area contributed by atoms with Crippen LogP contribution in [0.15, 0.2) is 0 Å². The van der Waals surface area contributed by atoms with E-state index in [0.29, 0.717) is 26.4 Å². The lowest BCUT2D eigenvalue weighted by atomic mass is 10.3.